The van der Waals surface area contributed by atoms with Crippen molar-refractivity contribution in [2.75, 3.05) is 19.6 Å². The molecule has 1 fully saturated rings. The van der Waals surface area contributed by atoms with Crippen LogP contribution in [0.25, 0.3) is 0 Å². The summed E-state index contributed by atoms with van der Waals surface area (Å²) in [5.41, 5.74) is 1.28. The summed E-state index contributed by atoms with van der Waals surface area (Å²) in [6.45, 7) is 5.10. The van der Waals surface area contributed by atoms with Crippen molar-refractivity contribution in [2.45, 2.75) is 32.7 Å². The molecule has 19 heavy (non-hydrogen) atoms. The summed E-state index contributed by atoms with van der Waals surface area (Å²) in [4.78, 5) is 14.1. The summed E-state index contributed by atoms with van der Waals surface area (Å²) in [7, 11) is 0. The van der Waals surface area contributed by atoms with E-state index in [0.717, 1.165) is 19.0 Å². The van der Waals surface area contributed by atoms with Gasteiger partial charge in [-0.1, -0.05) is 36.8 Å². The lowest BCUT2D eigenvalue weighted by molar-refractivity contribution is -0.122. The van der Waals surface area contributed by atoms with Gasteiger partial charge in [0.15, 0.2) is 0 Å². The molecule has 3 nitrogen and oxygen atoms in total. The minimum atomic E-state index is 0.137. The Morgan fingerprint density at radius 3 is 2.63 bits per heavy atom. The molecular weight excluding hydrogens is 236 g/mol. The molecule has 0 heterocycles. The van der Waals surface area contributed by atoms with Crippen molar-refractivity contribution >= 4 is 5.91 Å². The highest BCUT2D eigenvalue weighted by Crippen LogP contribution is 2.27. The van der Waals surface area contributed by atoms with E-state index in [-0.39, 0.29) is 5.91 Å². The summed E-state index contributed by atoms with van der Waals surface area (Å²) in [5.74, 6) is 0.927. The monoisotopic (exact) mass is 260 g/mol. The van der Waals surface area contributed by atoms with E-state index in [1.165, 1.54) is 24.8 Å². The van der Waals surface area contributed by atoms with Gasteiger partial charge in [-0.2, -0.15) is 0 Å². The van der Waals surface area contributed by atoms with Gasteiger partial charge >= 0.3 is 0 Å². The van der Waals surface area contributed by atoms with Crippen molar-refractivity contribution in [2.24, 2.45) is 5.92 Å². The van der Waals surface area contributed by atoms with Gasteiger partial charge in [0.1, 0.15) is 0 Å². The van der Waals surface area contributed by atoms with Gasteiger partial charge < -0.3 is 5.32 Å². The second-order valence-electron chi connectivity index (χ2n) is 5.41. The zero-order valence-corrected chi connectivity index (χ0v) is 11.8. The second kappa shape index (κ2) is 7.29. The van der Waals surface area contributed by atoms with Crippen molar-refractivity contribution in [3.63, 3.8) is 0 Å². The van der Waals surface area contributed by atoms with Gasteiger partial charge in [0.25, 0.3) is 0 Å². The van der Waals surface area contributed by atoms with Crippen LogP contribution in [0, 0.1) is 5.92 Å². The number of amides is 1. The Hall–Kier alpha value is -1.35. The van der Waals surface area contributed by atoms with Crippen LogP contribution in [0.4, 0.5) is 0 Å². The highest BCUT2D eigenvalue weighted by Gasteiger charge is 2.21. The van der Waals surface area contributed by atoms with Crippen LogP contribution < -0.4 is 5.32 Å². The van der Waals surface area contributed by atoms with Crippen molar-refractivity contribution in [3.05, 3.63) is 35.9 Å². The first-order chi connectivity index (χ1) is 9.28. The largest absolute Gasteiger partial charge is 0.355 e. The topological polar surface area (TPSA) is 32.3 Å². The average molecular weight is 260 g/mol. The molecule has 0 radical (unpaired) electrons. The molecule has 2 rings (SSSR count). The Bertz CT molecular complexity index is 387. The highest BCUT2D eigenvalue weighted by molar-refractivity contribution is 5.77. The third-order valence-electron chi connectivity index (χ3n) is 3.73. The minimum Gasteiger partial charge on any atom is -0.355 e. The van der Waals surface area contributed by atoms with Crippen molar-refractivity contribution in [1.29, 1.82) is 0 Å². The normalized spacial score (nSPS) is 15.3. The zero-order chi connectivity index (χ0) is 13.5. The molecule has 1 aliphatic carbocycles. The van der Waals surface area contributed by atoms with Crippen LogP contribution in [0.2, 0.25) is 0 Å². The van der Waals surface area contributed by atoms with Crippen LogP contribution in [0.1, 0.15) is 31.7 Å². The van der Waals surface area contributed by atoms with Crippen LogP contribution in [-0.2, 0) is 11.3 Å². The maximum Gasteiger partial charge on any atom is 0.234 e. The number of rotatable bonds is 7. The van der Waals surface area contributed by atoms with Gasteiger partial charge in [0, 0.05) is 19.6 Å². The van der Waals surface area contributed by atoms with E-state index in [0.29, 0.717) is 13.1 Å². The van der Waals surface area contributed by atoms with E-state index in [2.05, 4.69) is 34.5 Å². The van der Waals surface area contributed by atoms with Crippen LogP contribution in [0.3, 0.4) is 0 Å². The van der Waals surface area contributed by atoms with Gasteiger partial charge in [-0.15, -0.1) is 0 Å². The molecule has 0 unspecified atom stereocenters. The molecule has 1 saturated carbocycles. The fraction of sp³-hybridized carbons (Fsp3) is 0.562. The molecule has 1 amide bonds. The molecule has 1 N–H and O–H groups in total. The Labute approximate surface area is 116 Å². The quantitative estimate of drug-likeness (QED) is 0.816. The molecule has 0 atom stereocenters. The lowest BCUT2D eigenvalue weighted by Crippen LogP contribution is -2.40. The second-order valence-corrected chi connectivity index (χ2v) is 5.41. The smallest absolute Gasteiger partial charge is 0.234 e. The number of hydrogen-bond donors (Lipinski definition) is 1. The molecule has 1 aromatic carbocycles. The van der Waals surface area contributed by atoms with E-state index >= 15 is 0 Å². The highest BCUT2D eigenvalue weighted by atomic mass is 16.2. The molecule has 0 aliphatic heterocycles. The molecule has 0 aromatic heterocycles. The van der Waals surface area contributed by atoms with E-state index in [4.69, 9.17) is 0 Å². The fourth-order valence-electron chi connectivity index (χ4n) is 2.52. The zero-order valence-electron chi connectivity index (χ0n) is 11.8. The Kier molecular flexibility index (Phi) is 5.40. The standard InChI is InChI=1S/C16H24N2O/c1-2-17-16(19)13-18(12-15-9-6-10-15)11-14-7-4-3-5-8-14/h3-5,7-8,15H,2,6,9-13H2,1H3,(H,17,19). The van der Waals surface area contributed by atoms with E-state index < -0.39 is 0 Å². The first-order valence-electron chi connectivity index (χ1n) is 7.31. The van der Waals surface area contributed by atoms with E-state index in [1.807, 2.05) is 13.0 Å². The van der Waals surface area contributed by atoms with Crippen molar-refractivity contribution < 1.29 is 4.79 Å². The number of hydrogen-bond acceptors (Lipinski definition) is 2. The lowest BCUT2D eigenvalue weighted by atomic mass is 9.85. The third-order valence-corrected chi connectivity index (χ3v) is 3.73. The third kappa shape index (κ3) is 4.67. The lowest BCUT2D eigenvalue weighted by Gasteiger charge is -2.32. The Morgan fingerprint density at radius 1 is 1.32 bits per heavy atom. The first kappa shape index (κ1) is 14.1. The summed E-state index contributed by atoms with van der Waals surface area (Å²) in [6.07, 6.45) is 3.99. The van der Waals surface area contributed by atoms with E-state index in [1.54, 1.807) is 0 Å². The number of benzene rings is 1. The minimum absolute atomic E-state index is 0.137. The molecule has 0 spiro atoms. The number of carbonyl (C=O) groups excluding carboxylic acids is 1. The number of likely N-dealkylation sites (N-methyl/N-ethyl adjacent to an activating group) is 1. The van der Waals surface area contributed by atoms with Gasteiger partial charge in [-0.05, 0) is 31.2 Å². The number of nitrogens with zero attached hydrogens (tertiary/aromatic N) is 1. The molecule has 1 aromatic rings. The molecule has 3 heteroatoms. The van der Waals surface area contributed by atoms with Gasteiger partial charge in [-0.25, -0.2) is 0 Å². The number of carbonyl (C=O) groups is 1. The van der Waals surface area contributed by atoms with Gasteiger partial charge in [0.2, 0.25) is 5.91 Å². The fourth-order valence-corrected chi connectivity index (χ4v) is 2.52. The molecular formula is C16H24N2O. The van der Waals surface area contributed by atoms with Crippen LogP contribution in [-0.4, -0.2) is 30.4 Å². The maximum absolute atomic E-state index is 11.8. The van der Waals surface area contributed by atoms with E-state index in [9.17, 15) is 4.79 Å². The predicted octanol–water partition coefficient (Wildman–Crippen LogP) is 2.42. The maximum atomic E-state index is 11.8. The molecule has 104 valence electrons. The first-order valence-corrected chi connectivity index (χ1v) is 7.31. The summed E-state index contributed by atoms with van der Waals surface area (Å²) >= 11 is 0. The SMILES string of the molecule is CCNC(=O)CN(Cc1ccccc1)CC1CCC1. The molecule has 0 bridgehead atoms. The molecule has 1 aliphatic rings. The Balaban J connectivity index is 1.90. The van der Waals surface area contributed by atoms with Crippen LogP contribution in [0.5, 0.6) is 0 Å². The molecule has 0 saturated heterocycles. The number of nitrogens with one attached hydrogen (secondary N) is 1. The van der Waals surface area contributed by atoms with Gasteiger partial charge in [0.05, 0.1) is 6.54 Å². The van der Waals surface area contributed by atoms with Crippen LogP contribution in [0.15, 0.2) is 30.3 Å². The van der Waals surface area contributed by atoms with Gasteiger partial charge in [-0.3, -0.25) is 9.69 Å². The van der Waals surface area contributed by atoms with Crippen LogP contribution >= 0.6 is 0 Å². The Morgan fingerprint density at radius 2 is 2.05 bits per heavy atom. The summed E-state index contributed by atoms with van der Waals surface area (Å²) in [6, 6.07) is 10.4. The predicted molar refractivity (Wildman–Crippen MR) is 77.7 cm³/mol. The van der Waals surface area contributed by atoms with Crippen molar-refractivity contribution in [3.8, 4) is 0 Å². The van der Waals surface area contributed by atoms with Crippen molar-refractivity contribution in [1.82, 2.24) is 10.2 Å². The average Bonchev–Trinajstić information content (AvgIpc) is 2.35. The summed E-state index contributed by atoms with van der Waals surface area (Å²) < 4.78 is 0. The summed E-state index contributed by atoms with van der Waals surface area (Å²) in [5, 5.41) is 2.89.